The van der Waals surface area contributed by atoms with Crippen molar-refractivity contribution in [2.75, 3.05) is 0 Å². The molecule has 0 atom stereocenters. The second-order valence-electron chi connectivity index (χ2n) is 4.86. The number of fused-ring (bicyclic) bond motifs is 1. The molecule has 0 saturated carbocycles. The maximum atomic E-state index is 9.78. The van der Waals surface area contributed by atoms with Crippen molar-refractivity contribution in [1.82, 2.24) is 4.98 Å². The molecule has 3 rings (SSSR count). The average molecular weight is 281 g/mol. The van der Waals surface area contributed by atoms with Gasteiger partial charge in [0.15, 0.2) is 0 Å². The van der Waals surface area contributed by atoms with Crippen LogP contribution in [0.15, 0.2) is 36.4 Å². The number of nitrogens with zero attached hydrogens (tertiary/aromatic N) is 1. The van der Waals surface area contributed by atoms with Crippen LogP contribution < -0.4 is 0 Å². The number of aryl methyl sites for hydroxylation is 2. The molecule has 0 unspecified atom stereocenters. The second-order valence-corrected chi connectivity index (χ2v) is 5.92. The molecule has 3 heteroatoms. The highest BCUT2D eigenvalue weighted by Crippen LogP contribution is 2.26. The summed E-state index contributed by atoms with van der Waals surface area (Å²) in [7, 11) is 0. The van der Waals surface area contributed by atoms with Crippen LogP contribution in [0.4, 0.5) is 0 Å². The van der Waals surface area contributed by atoms with Crippen LogP contribution in [0.1, 0.15) is 21.7 Å². The zero-order valence-corrected chi connectivity index (χ0v) is 12.2. The van der Waals surface area contributed by atoms with Crippen molar-refractivity contribution in [3.63, 3.8) is 0 Å². The number of phenolic OH excluding ortho intramolecular Hbond substituents is 1. The summed E-state index contributed by atoms with van der Waals surface area (Å²) in [6, 6.07) is 12.1. The van der Waals surface area contributed by atoms with E-state index in [1.54, 1.807) is 11.3 Å². The minimum absolute atomic E-state index is 0.377. The van der Waals surface area contributed by atoms with Gasteiger partial charge in [-0.05, 0) is 60.9 Å². The molecule has 0 fully saturated rings. The minimum atomic E-state index is 0.377. The Bertz CT molecular complexity index is 746. The van der Waals surface area contributed by atoms with Crippen LogP contribution >= 0.6 is 11.3 Å². The second kappa shape index (κ2) is 5.10. The molecule has 0 radical (unpaired) electrons. The van der Waals surface area contributed by atoms with Crippen molar-refractivity contribution in [2.45, 2.75) is 13.8 Å². The van der Waals surface area contributed by atoms with Gasteiger partial charge in [-0.2, -0.15) is 0 Å². The van der Waals surface area contributed by atoms with Gasteiger partial charge in [0.1, 0.15) is 10.8 Å². The Morgan fingerprint density at radius 2 is 1.75 bits per heavy atom. The van der Waals surface area contributed by atoms with Crippen molar-refractivity contribution in [3.8, 4) is 5.75 Å². The highest BCUT2D eigenvalue weighted by Gasteiger charge is 2.02. The van der Waals surface area contributed by atoms with Crippen molar-refractivity contribution >= 4 is 33.7 Å². The zero-order chi connectivity index (χ0) is 14.1. The van der Waals surface area contributed by atoms with E-state index in [-0.39, 0.29) is 0 Å². The van der Waals surface area contributed by atoms with Gasteiger partial charge >= 0.3 is 0 Å². The summed E-state index contributed by atoms with van der Waals surface area (Å²) in [4.78, 5) is 4.57. The standard InChI is InChI=1S/C17H15NOS/c1-11-9-13(10-12(2)17(11)19)7-8-16-18-14-5-3-4-6-15(14)20-16/h3-10,19H,1-2H3/b8-7+. The number of hydrogen-bond donors (Lipinski definition) is 1. The van der Waals surface area contributed by atoms with Crippen molar-refractivity contribution in [1.29, 1.82) is 0 Å². The van der Waals surface area contributed by atoms with E-state index in [1.807, 2.05) is 56.3 Å². The Kier molecular flexibility index (Phi) is 3.28. The lowest BCUT2D eigenvalue weighted by Crippen LogP contribution is -1.82. The molecular weight excluding hydrogens is 266 g/mol. The molecule has 1 N–H and O–H groups in total. The molecule has 0 aliphatic carbocycles. The molecule has 2 nitrogen and oxygen atoms in total. The predicted molar refractivity (Wildman–Crippen MR) is 86.1 cm³/mol. The van der Waals surface area contributed by atoms with Crippen LogP contribution in [-0.4, -0.2) is 10.1 Å². The quantitative estimate of drug-likeness (QED) is 0.732. The Balaban J connectivity index is 1.93. The molecule has 1 aromatic heterocycles. The lowest BCUT2D eigenvalue weighted by molar-refractivity contribution is 0.467. The molecule has 0 spiro atoms. The van der Waals surface area contributed by atoms with Crippen molar-refractivity contribution in [3.05, 3.63) is 58.1 Å². The van der Waals surface area contributed by atoms with Crippen LogP contribution in [0, 0.1) is 13.8 Å². The SMILES string of the molecule is Cc1cc(/C=C/c2nc3ccccc3s2)cc(C)c1O. The zero-order valence-electron chi connectivity index (χ0n) is 11.4. The minimum Gasteiger partial charge on any atom is -0.507 e. The summed E-state index contributed by atoms with van der Waals surface area (Å²) in [5.41, 5.74) is 3.91. The van der Waals surface area contributed by atoms with Crippen LogP contribution in [0.3, 0.4) is 0 Å². The van der Waals surface area contributed by atoms with Crippen LogP contribution in [0.2, 0.25) is 0 Å². The number of aromatic nitrogens is 1. The monoisotopic (exact) mass is 281 g/mol. The van der Waals surface area contributed by atoms with Gasteiger partial charge in [0.25, 0.3) is 0 Å². The first kappa shape index (κ1) is 12.9. The first-order valence-electron chi connectivity index (χ1n) is 6.47. The van der Waals surface area contributed by atoms with Crippen LogP contribution in [-0.2, 0) is 0 Å². The van der Waals surface area contributed by atoms with E-state index >= 15 is 0 Å². The van der Waals surface area contributed by atoms with Gasteiger partial charge in [-0.3, -0.25) is 0 Å². The van der Waals surface area contributed by atoms with E-state index in [2.05, 4.69) is 11.1 Å². The van der Waals surface area contributed by atoms with Gasteiger partial charge in [-0.15, -0.1) is 11.3 Å². The maximum Gasteiger partial charge on any atom is 0.121 e. The van der Waals surface area contributed by atoms with E-state index in [4.69, 9.17) is 0 Å². The number of thiazole rings is 1. The number of aromatic hydroxyl groups is 1. The van der Waals surface area contributed by atoms with E-state index in [0.29, 0.717) is 5.75 Å². The Morgan fingerprint density at radius 1 is 1.05 bits per heavy atom. The molecule has 3 aromatic rings. The molecule has 0 saturated heterocycles. The fourth-order valence-corrected chi connectivity index (χ4v) is 3.08. The normalized spacial score (nSPS) is 11.5. The smallest absolute Gasteiger partial charge is 0.121 e. The van der Waals surface area contributed by atoms with E-state index < -0.39 is 0 Å². The summed E-state index contributed by atoms with van der Waals surface area (Å²) in [6.07, 6.45) is 4.06. The highest BCUT2D eigenvalue weighted by molar-refractivity contribution is 7.19. The summed E-state index contributed by atoms with van der Waals surface area (Å²) >= 11 is 1.68. The number of hydrogen-bond acceptors (Lipinski definition) is 3. The van der Waals surface area contributed by atoms with Crippen molar-refractivity contribution in [2.24, 2.45) is 0 Å². The topological polar surface area (TPSA) is 33.1 Å². The molecule has 0 aliphatic heterocycles. The molecule has 2 aromatic carbocycles. The van der Waals surface area contributed by atoms with Gasteiger partial charge in [0.05, 0.1) is 10.2 Å². The lowest BCUT2D eigenvalue weighted by Gasteiger charge is -2.04. The third kappa shape index (κ3) is 2.45. The molecule has 0 bridgehead atoms. The molecule has 0 aliphatic rings. The first-order chi connectivity index (χ1) is 9.63. The number of rotatable bonds is 2. The lowest BCUT2D eigenvalue weighted by atomic mass is 10.1. The third-order valence-corrected chi connectivity index (χ3v) is 4.24. The highest BCUT2D eigenvalue weighted by atomic mass is 32.1. The van der Waals surface area contributed by atoms with Gasteiger partial charge in [0.2, 0.25) is 0 Å². The van der Waals surface area contributed by atoms with E-state index in [9.17, 15) is 5.11 Å². The average Bonchev–Trinajstić information content (AvgIpc) is 2.85. The van der Waals surface area contributed by atoms with Gasteiger partial charge < -0.3 is 5.11 Å². The molecule has 100 valence electrons. The van der Waals surface area contributed by atoms with Crippen molar-refractivity contribution < 1.29 is 5.11 Å². The molecular formula is C17H15NOS. The van der Waals surface area contributed by atoms with E-state index in [0.717, 1.165) is 27.2 Å². The molecule has 1 heterocycles. The molecule has 20 heavy (non-hydrogen) atoms. The Labute approximate surface area is 122 Å². The van der Waals surface area contributed by atoms with Gasteiger partial charge in [-0.25, -0.2) is 4.98 Å². The fourth-order valence-electron chi connectivity index (χ4n) is 2.21. The maximum absolute atomic E-state index is 9.78. The third-order valence-electron chi connectivity index (χ3n) is 3.24. The summed E-state index contributed by atoms with van der Waals surface area (Å²) in [6.45, 7) is 3.83. The molecule has 0 amide bonds. The number of para-hydroxylation sites is 1. The summed E-state index contributed by atoms with van der Waals surface area (Å²) in [5, 5.41) is 10.8. The van der Waals surface area contributed by atoms with Crippen LogP contribution in [0.5, 0.6) is 5.75 Å². The van der Waals surface area contributed by atoms with Gasteiger partial charge in [-0.1, -0.05) is 18.2 Å². The van der Waals surface area contributed by atoms with Crippen LogP contribution in [0.25, 0.3) is 22.4 Å². The largest absolute Gasteiger partial charge is 0.507 e. The number of phenols is 1. The Hall–Kier alpha value is -2.13. The summed E-state index contributed by atoms with van der Waals surface area (Å²) in [5.74, 6) is 0.377. The fraction of sp³-hybridized carbons (Fsp3) is 0.118. The number of benzene rings is 2. The Morgan fingerprint density at radius 3 is 2.45 bits per heavy atom. The predicted octanol–water partition coefficient (Wildman–Crippen LogP) is 4.79. The summed E-state index contributed by atoms with van der Waals surface area (Å²) < 4.78 is 1.20. The van der Waals surface area contributed by atoms with Gasteiger partial charge in [0, 0.05) is 0 Å². The first-order valence-corrected chi connectivity index (χ1v) is 7.29. The van der Waals surface area contributed by atoms with E-state index in [1.165, 1.54) is 4.70 Å².